The van der Waals surface area contributed by atoms with Crippen molar-refractivity contribution in [1.29, 1.82) is 0 Å². The van der Waals surface area contributed by atoms with Crippen LogP contribution in [0.4, 0.5) is 5.82 Å². The van der Waals surface area contributed by atoms with Crippen molar-refractivity contribution in [3.63, 3.8) is 0 Å². The van der Waals surface area contributed by atoms with Gasteiger partial charge in [-0.3, -0.25) is 4.79 Å². The van der Waals surface area contributed by atoms with Crippen molar-refractivity contribution in [3.8, 4) is 0 Å². The fourth-order valence-corrected chi connectivity index (χ4v) is 1.95. The summed E-state index contributed by atoms with van der Waals surface area (Å²) in [6, 6.07) is 0. The van der Waals surface area contributed by atoms with Gasteiger partial charge in [-0.1, -0.05) is 13.8 Å². The molecule has 0 unspecified atom stereocenters. The summed E-state index contributed by atoms with van der Waals surface area (Å²) in [5.41, 5.74) is 0.390. The van der Waals surface area contributed by atoms with E-state index in [2.05, 4.69) is 29.1 Å². The number of nitrogens with zero attached hydrogens (tertiary/aromatic N) is 3. The van der Waals surface area contributed by atoms with Crippen LogP contribution in [0.1, 0.15) is 30.8 Å². The normalized spacial score (nSPS) is 15.4. The van der Waals surface area contributed by atoms with Crippen LogP contribution in [0.3, 0.4) is 0 Å². The van der Waals surface area contributed by atoms with Crippen molar-refractivity contribution in [2.24, 2.45) is 5.92 Å². The van der Waals surface area contributed by atoms with E-state index in [-0.39, 0.29) is 5.91 Å². The van der Waals surface area contributed by atoms with E-state index < -0.39 is 0 Å². The summed E-state index contributed by atoms with van der Waals surface area (Å²) in [5, 5.41) is 3.20. The molecule has 6 nitrogen and oxygen atoms in total. The van der Waals surface area contributed by atoms with Gasteiger partial charge in [0, 0.05) is 19.6 Å². The highest BCUT2D eigenvalue weighted by atomic mass is 16.5. The molecule has 0 spiro atoms. The molecule has 6 heteroatoms. The summed E-state index contributed by atoms with van der Waals surface area (Å²) < 4.78 is 5.23. The maximum atomic E-state index is 12.2. The van der Waals surface area contributed by atoms with Gasteiger partial charge in [-0.2, -0.15) is 0 Å². The molecule has 1 aliphatic heterocycles. The van der Waals surface area contributed by atoms with Crippen LogP contribution < -0.4 is 5.32 Å². The quantitative estimate of drug-likeness (QED) is 0.882. The Bertz CT molecular complexity index is 427. The molecule has 1 fully saturated rings. The van der Waals surface area contributed by atoms with E-state index in [4.69, 9.17) is 4.74 Å². The van der Waals surface area contributed by atoms with Crippen LogP contribution in [0.15, 0.2) is 12.4 Å². The summed E-state index contributed by atoms with van der Waals surface area (Å²) in [4.78, 5) is 22.3. The van der Waals surface area contributed by atoms with Crippen LogP contribution in [0.5, 0.6) is 0 Å². The van der Waals surface area contributed by atoms with Gasteiger partial charge in [0.05, 0.1) is 25.6 Å². The topological polar surface area (TPSA) is 67.4 Å². The SMILES string of the molecule is CC(C)CCNc1cnc(C(=O)N2CCOCC2)cn1. The third kappa shape index (κ3) is 4.16. The molecule has 0 atom stereocenters. The molecule has 1 amide bonds. The van der Waals surface area contributed by atoms with Crippen molar-refractivity contribution in [2.45, 2.75) is 20.3 Å². The molecule has 2 heterocycles. The fourth-order valence-electron chi connectivity index (χ4n) is 1.95. The van der Waals surface area contributed by atoms with E-state index in [0.29, 0.717) is 43.7 Å². The number of amides is 1. The first-order valence-corrected chi connectivity index (χ1v) is 7.10. The molecule has 0 aromatic carbocycles. The summed E-state index contributed by atoms with van der Waals surface area (Å²) in [7, 11) is 0. The fraction of sp³-hybridized carbons (Fsp3) is 0.643. The molecule has 1 aliphatic rings. The van der Waals surface area contributed by atoms with Gasteiger partial charge >= 0.3 is 0 Å². The number of carbonyl (C=O) groups excluding carboxylic acids is 1. The van der Waals surface area contributed by atoms with Crippen molar-refractivity contribution in [1.82, 2.24) is 14.9 Å². The first kappa shape index (κ1) is 14.7. The maximum Gasteiger partial charge on any atom is 0.274 e. The Morgan fingerprint density at radius 1 is 1.35 bits per heavy atom. The predicted octanol–water partition coefficient (Wildman–Crippen LogP) is 1.41. The minimum Gasteiger partial charge on any atom is -0.378 e. The van der Waals surface area contributed by atoms with E-state index in [1.807, 2.05) is 0 Å². The Labute approximate surface area is 119 Å². The zero-order chi connectivity index (χ0) is 14.4. The third-order valence-electron chi connectivity index (χ3n) is 3.20. The lowest BCUT2D eigenvalue weighted by Gasteiger charge is -2.26. The second-order valence-electron chi connectivity index (χ2n) is 5.30. The van der Waals surface area contributed by atoms with Crippen LogP contribution in [0.2, 0.25) is 0 Å². The smallest absolute Gasteiger partial charge is 0.274 e. The van der Waals surface area contributed by atoms with Gasteiger partial charge in [0.2, 0.25) is 0 Å². The minimum absolute atomic E-state index is 0.0745. The van der Waals surface area contributed by atoms with E-state index in [1.165, 1.54) is 6.20 Å². The average molecular weight is 278 g/mol. The van der Waals surface area contributed by atoms with Gasteiger partial charge in [-0.25, -0.2) is 9.97 Å². The molecule has 0 aliphatic carbocycles. The number of rotatable bonds is 5. The molecule has 0 radical (unpaired) electrons. The van der Waals surface area contributed by atoms with Gasteiger partial charge in [0.25, 0.3) is 5.91 Å². The highest BCUT2D eigenvalue weighted by Gasteiger charge is 2.19. The highest BCUT2D eigenvalue weighted by Crippen LogP contribution is 2.07. The Balaban J connectivity index is 1.88. The number of nitrogens with one attached hydrogen (secondary N) is 1. The van der Waals surface area contributed by atoms with Crippen molar-refractivity contribution in [2.75, 3.05) is 38.2 Å². The minimum atomic E-state index is -0.0745. The second kappa shape index (κ2) is 7.19. The van der Waals surface area contributed by atoms with Gasteiger partial charge in [-0.15, -0.1) is 0 Å². The first-order chi connectivity index (χ1) is 9.66. The molecule has 20 heavy (non-hydrogen) atoms. The van der Waals surface area contributed by atoms with Crippen molar-refractivity contribution >= 4 is 11.7 Å². The molecule has 0 saturated carbocycles. The molecule has 1 saturated heterocycles. The first-order valence-electron chi connectivity index (χ1n) is 7.10. The second-order valence-corrected chi connectivity index (χ2v) is 5.30. The molecule has 2 rings (SSSR count). The Kier molecular flexibility index (Phi) is 5.29. The monoisotopic (exact) mass is 278 g/mol. The molecular weight excluding hydrogens is 256 g/mol. The van der Waals surface area contributed by atoms with Gasteiger partial charge in [0.15, 0.2) is 0 Å². The van der Waals surface area contributed by atoms with E-state index in [0.717, 1.165) is 13.0 Å². The van der Waals surface area contributed by atoms with E-state index in [9.17, 15) is 4.79 Å². The molecular formula is C14H22N4O2. The molecule has 110 valence electrons. The summed E-state index contributed by atoms with van der Waals surface area (Å²) in [6.45, 7) is 7.64. The van der Waals surface area contributed by atoms with Crippen LogP contribution in [-0.2, 0) is 4.74 Å². The number of hydrogen-bond acceptors (Lipinski definition) is 5. The lowest BCUT2D eigenvalue weighted by molar-refractivity contribution is 0.0298. The highest BCUT2D eigenvalue weighted by molar-refractivity contribution is 5.92. The zero-order valence-corrected chi connectivity index (χ0v) is 12.1. The van der Waals surface area contributed by atoms with Crippen molar-refractivity contribution in [3.05, 3.63) is 18.1 Å². The number of hydrogen-bond donors (Lipinski definition) is 1. The van der Waals surface area contributed by atoms with Gasteiger partial charge < -0.3 is 15.0 Å². The Morgan fingerprint density at radius 3 is 2.70 bits per heavy atom. The number of aromatic nitrogens is 2. The maximum absolute atomic E-state index is 12.2. The van der Waals surface area contributed by atoms with Crippen molar-refractivity contribution < 1.29 is 9.53 Å². The van der Waals surface area contributed by atoms with Gasteiger partial charge in [-0.05, 0) is 12.3 Å². The summed E-state index contributed by atoms with van der Waals surface area (Å²) in [5.74, 6) is 1.29. The summed E-state index contributed by atoms with van der Waals surface area (Å²) >= 11 is 0. The third-order valence-corrected chi connectivity index (χ3v) is 3.20. The average Bonchev–Trinajstić information content (AvgIpc) is 2.48. The largest absolute Gasteiger partial charge is 0.378 e. The van der Waals surface area contributed by atoms with Crippen LogP contribution in [0, 0.1) is 5.92 Å². The van der Waals surface area contributed by atoms with E-state index >= 15 is 0 Å². The number of carbonyl (C=O) groups is 1. The van der Waals surface area contributed by atoms with E-state index in [1.54, 1.807) is 11.1 Å². The standard InChI is InChI=1S/C14H22N4O2/c1-11(2)3-4-15-13-10-16-12(9-17-13)14(19)18-5-7-20-8-6-18/h9-11H,3-8H2,1-2H3,(H,15,17). The lowest BCUT2D eigenvalue weighted by atomic mass is 10.1. The number of anilines is 1. The predicted molar refractivity (Wildman–Crippen MR) is 76.7 cm³/mol. The molecule has 1 aromatic rings. The number of ether oxygens (including phenoxy) is 1. The van der Waals surface area contributed by atoms with Gasteiger partial charge in [0.1, 0.15) is 11.5 Å². The molecule has 1 aromatic heterocycles. The van der Waals surface area contributed by atoms with Crippen LogP contribution >= 0.6 is 0 Å². The number of morpholine rings is 1. The Morgan fingerprint density at radius 2 is 2.10 bits per heavy atom. The van der Waals surface area contributed by atoms with Crippen LogP contribution in [0.25, 0.3) is 0 Å². The zero-order valence-electron chi connectivity index (χ0n) is 12.1. The Hall–Kier alpha value is -1.69. The lowest BCUT2D eigenvalue weighted by Crippen LogP contribution is -2.41. The molecule has 1 N–H and O–H groups in total. The molecule has 0 bridgehead atoms. The summed E-state index contributed by atoms with van der Waals surface area (Å²) in [6.07, 6.45) is 4.24. The van der Waals surface area contributed by atoms with Crippen LogP contribution in [-0.4, -0.2) is 53.6 Å².